The summed E-state index contributed by atoms with van der Waals surface area (Å²) in [6, 6.07) is 12.1. The molecule has 1 amide bonds. The molecule has 1 atom stereocenters. The van der Waals surface area contributed by atoms with Gasteiger partial charge >= 0.3 is 0 Å². The quantitative estimate of drug-likeness (QED) is 0.488. The summed E-state index contributed by atoms with van der Waals surface area (Å²) in [6.07, 6.45) is 12.2. The van der Waals surface area contributed by atoms with Crippen molar-refractivity contribution in [1.82, 2.24) is 10.2 Å². The summed E-state index contributed by atoms with van der Waals surface area (Å²) >= 11 is -1.07. The number of nitrogens with zero attached hydrogens (tertiary/aromatic N) is 1. The number of hydrogen-bond acceptors (Lipinski definition) is 3. The van der Waals surface area contributed by atoms with Gasteiger partial charge < -0.3 is 14.8 Å². The highest BCUT2D eigenvalue weighted by molar-refractivity contribution is 7.90. The van der Waals surface area contributed by atoms with Gasteiger partial charge in [0.05, 0.1) is 0 Å². The monoisotopic (exact) mass is 462 g/mol. The van der Waals surface area contributed by atoms with Gasteiger partial charge in [-0.2, -0.15) is 0 Å². The highest BCUT2D eigenvalue weighted by Crippen LogP contribution is 2.38. The van der Waals surface area contributed by atoms with E-state index in [9.17, 15) is 13.7 Å². The number of benzene rings is 2. The van der Waals surface area contributed by atoms with E-state index in [1.807, 2.05) is 43.5 Å². The zero-order valence-corrected chi connectivity index (χ0v) is 19.6. The number of carbonyl (C=O) groups excluding carboxylic acids is 1. The van der Waals surface area contributed by atoms with Crippen LogP contribution in [0, 0.1) is 5.82 Å². The van der Waals surface area contributed by atoms with Crippen molar-refractivity contribution in [3.8, 4) is 0 Å². The molecule has 1 aliphatic heterocycles. The van der Waals surface area contributed by atoms with Crippen LogP contribution >= 0.6 is 0 Å². The molecule has 0 fully saturated rings. The minimum absolute atomic E-state index is 0.193. The van der Waals surface area contributed by atoms with Gasteiger partial charge in [-0.05, 0) is 102 Å². The Kier molecular flexibility index (Phi) is 7.16. The molecule has 6 heteroatoms. The molecule has 4 rings (SSSR count). The second-order valence-corrected chi connectivity index (χ2v) is 9.61. The molecule has 1 unspecified atom stereocenters. The number of carbonyl (C=O) groups is 1. The Morgan fingerprint density at radius 2 is 2.00 bits per heavy atom. The van der Waals surface area contributed by atoms with E-state index in [2.05, 4.69) is 16.3 Å². The molecule has 33 heavy (non-hydrogen) atoms. The Morgan fingerprint density at radius 3 is 2.70 bits per heavy atom. The average Bonchev–Trinajstić information content (AvgIpc) is 3.13. The van der Waals surface area contributed by atoms with Gasteiger partial charge in [0.2, 0.25) is 0 Å². The smallest absolute Gasteiger partial charge is 0.251 e. The van der Waals surface area contributed by atoms with Crippen LogP contribution in [0.2, 0.25) is 0 Å². The first-order valence-corrected chi connectivity index (χ1v) is 12.5. The van der Waals surface area contributed by atoms with Gasteiger partial charge in [-0.3, -0.25) is 4.79 Å². The largest absolute Gasteiger partial charge is 0.612 e. The van der Waals surface area contributed by atoms with E-state index in [1.165, 1.54) is 12.1 Å². The van der Waals surface area contributed by atoms with E-state index in [1.54, 1.807) is 24.5 Å². The van der Waals surface area contributed by atoms with Gasteiger partial charge in [0.1, 0.15) is 12.1 Å². The van der Waals surface area contributed by atoms with Crippen LogP contribution in [0.1, 0.15) is 23.6 Å². The molecule has 170 valence electrons. The number of allylic oxidation sites excluding steroid dienone is 3. The van der Waals surface area contributed by atoms with Crippen LogP contribution in [0.25, 0.3) is 11.6 Å². The molecule has 0 bridgehead atoms. The minimum Gasteiger partial charge on any atom is -0.612 e. The fourth-order valence-electron chi connectivity index (χ4n) is 4.17. The minimum atomic E-state index is -1.07. The normalized spacial score (nSPS) is 16.2. The first-order chi connectivity index (χ1) is 15.9. The van der Waals surface area contributed by atoms with Crippen molar-refractivity contribution in [3.05, 3.63) is 101 Å². The molecule has 0 saturated carbocycles. The zero-order valence-electron chi connectivity index (χ0n) is 18.8. The molecule has 4 nitrogen and oxygen atoms in total. The number of halogens is 1. The predicted octanol–water partition coefficient (Wildman–Crippen LogP) is 4.48. The number of hydrogen-bond donors (Lipinski definition) is 1. The molecule has 0 aromatic heterocycles. The predicted molar refractivity (Wildman–Crippen MR) is 132 cm³/mol. The van der Waals surface area contributed by atoms with Crippen molar-refractivity contribution in [1.29, 1.82) is 0 Å². The van der Waals surface area contributed by atoms with Crippen LogP contribution in [-0.4, -0.2) is 41.2 Å². The van der Waals surface area contributed by atoms with Crippen molar-refractivity contribution in [2.45, 2.75) is 18.2 Å². The molecule has 1 heterocycles. The van der Waals surface area contributed by atoms with Gasteiger partial charge in [-0.15, -0.1) is 0 Å². The lowest BCUT2D eigenvalue weighted by atomic mass is 9.95. The summed E-state index contributed by atoms with van der Waals surface area (Å²) in [7, 11) is 0. The molecule has 2 aromatic carbocycles. The second kappa shape index (κ2) is 10.2. The summed E-state index contributed by atoms with van der Waals surface area (Å²) in [5.41, 5.74) is 4.94. The Hall–Kier alpha value is -3.09. The standard InChI is InChI=1S/C27H27FN2O2S/c1-19-16-21-8-9-22(28)18-24(21)26(19)25(17-20-6-10-23(11-7-20)33(2)32)27(31)29-12-15-30-13-4-3-5-14-30/h3-11,13,17-18H,12,14-16H2,1-2H3,(H,29,31). The first kappa shape index (κ1) is 23.1. The first-order valence-electron chi connectivity index (χ1n) is 10.9. The van der Waals surface area contributed by atoms with E-state index in [0.29, 0.717) is 25.1 Å². The third-order valence-electron chi connectivity index (χ3n) is 5.83. The highest BCUT2D eigenvalue weighted by atomic mass is 32.2. The molecule has 0 radical (unpaired) electrons. The van der Waals surface area contributed by atoms with E-state index in [4.69, 9.17) is 0 Å². The lowest BCUT2D eigenvalue weighted by Crippen LogP contribution is -2.34. The van der Waals surface area contributed by atoms with Gasteiger partial charge in [0, 0.05) is 25.2 Å². The molecule has 0 spiro atoms. The van der Waals surface area contributed by atoms with E-state index >= 15 is 0 Å². The highest BCUT2D eigenvalue weighted by Gasteiger charge is 2.26. The molecular weight excluding hydrogens is 435 g/mol. The number of nitrogens with one attached hydrogen (secondary N) is 1. The third kappa shape index (κ3) is 5.46. The fraction of sp³-hybridized carbons (Fsp3) is 0.222. The molecular formula is C27H27FN2O2S. The van der Waals surface area contributed by atoms with E-state index in [-0.39, 0.29) is 11.7 Å². The lowest BCUT2D eigenvalue weighted by molar-refractivity contribution is -0.117. The van der Waals surface area contributed by atoms with Crippen LogP contribution in [0.5, 0.6) is 0 Å². The molecule has 1 aliphatic carbocycles. The van der Waals surface area contributed by atoms with Gasteiger partial charge in [0.15, 0.2) is 4.90 Å². The summed E-state index contributed by atoms with van der Waals surface area (Å²) in [6.45, 7) is 3.99. The number of fused-ring (bicyclic) bond motifs is 1. The van der Waals surface area contributed by atoms with Crippen LogP contribution in [0.4, 0.5) is 4.39 Å². The van der Waals surface area contributed by atoms with Crippen LogP contribution < -0.4 is 5.32 Å². The third-order valence-corrected chi connectivity index (χ3v) is 6.77. The Labute approximate surface area is 197 Å². The Balaban J connectivity index is 1.63. The van der Waals surface area contributed by atoms with Crippen LogP contribution in [0.3, 0.4) is 0 Å². The van der Waals surface area contributed by atoms with Crippen LogP contribution in [0.15, 0.2) is 82.9 Å². The maximum atomic E-state index is 14.1. The van der Waals surface area contributed by atoms with Crippen molar-refractivity contribution in [2.24, 2.45) is 0 Å². The Bertz CT molecular complexity index is 1160. The maximum absolute atomic E-state index is 14.1. The zero-order chi connectivity index (χ0) is 23.4. The van der Waals surface area contributed by atoms with Crippen molar-refractivity contribution in [2.75, 3.05) is 25.9 Å². The fourth-order valence-corrected chi connectivity index (χ4v) is 4.69. The second-order valence-electron chi connectivity index (χ2n) is 8.24. The molecule has 2 aromatic rings. The summed E-state index contributed by atoms with van der Waals surface area (Å²) in [5.74, 6) is -0.512. The van der Waals surface area contributed by atoms with Crippen molar-refractivity contribution >= 4 is 28.7 Å². The lowest BCUT2D eigenvalue weighted by Gasteiger charge is -2.21. The van der Waals surface area contributed by atoms with Crippen LogP contribution in [-0.2, 0) is 22.4 Å². The van der Waals surface area contributed by atoms with E-state index < -0.39 is 11.2 Å². The summed E-state index contributed by atoms with van der Waals surface area (Å²) in [5, 5.41) is 3.04. The number of rotatable bonds is 7. The maximum Gasteiger partial charge on any atom is 0.251 e. The van der Waals surface area contributed by atoms with Gasteiger partial charge in [-0.25, -0.2) is 4.39 Å². The molecule has 1 N–H and O–H groups in total. The molecule has 2 aliphatic rings. The summed E-state index contributed by atoms with van der Waals surface area (Å²) < 4.78 is 25.8. The average molecular weight is 463 g/mol. The van der Waals surface area contributed by atoms with Crippen molar-refractivity contribution < 1.29 is 13.7 Å². The molecule has 0 saturated heterocycles. The SMILES string of the molecule is CC1=C(C(=Cc2ccc([S+](C)[O-])cc2)C(=O)NCCN2C=CC=CC2)c2cc(F)ccc2C1. The topological polar surface area (TPSA) is 55.4 Å². The van der Waals surface area contributed by atoms with Crippen molar-refractivity contribution in [3.63, 3.8) is 0 Å². The van der Waals surface area contributed by atoms with Gasteiger partial charge in [0.25, 0.3) is 5.91 Å². The van der Waals surface area contributed by atoms with Gasteiger partial charge in [-0.1, -0.05) is 23.8 Å². The Morgan fingerprint density at radius 1 is 1.21 bits per heavy atom. The summed E-state index contributed by atoms with van der Waals surface area (Å²) in [4.78, 5) is 16.2. The van der Waals surface area contributed by atoms with E-state index in [0.717, 1.165) is 39.3 Å². The number of amides is 1.